The molecule has 1 rings (SSSR count). The van der Waals surface area contributed by atoms with Crippen molar-refractivity contribution in [1.82, 2.24) is 9.97 Å². The van der Waals surface area contributed by atoms with Crippen LogP contribution in [0.25, 0.3) is 0 Å². The Hall–Kier alpha value is -1.36. The summed E-state index contributed by atoms with van der Waals surface area (Å²) < 4.78 is 5.00. The van der Waals surface area contributed by atoms with E-state index in [1.165, 1.54) is 6.20 Å². The molecule has 0 spiro atoms. The summed E-state index contributed by atoms with van der Waals surface area (Å²) in [5, 5.41) is 0. The zero-order chi connectivity index (χ0) is 8.97. The van der Waals surface area contributed by atoms with Crippen LogP contribution in [-0.2, 0) is 11.3 Å². The van der Waals surface area contributed by atoms with Crippen LogP contribution in [0.2, 0.25) is 0 Å². The van der Waals surface area contributed by atoms with Crippen molar-refractivity contribution in [2.75, 3.05) is 6.61 Å². The molecule has 0 aliphatic carbocycles. The van der Waals surface area contributed by atoms with Crippen LogP contribution in [0.4, 0.5) is 0 Å². The molecule has 0 radical (unpaired) electrons. The number of rotatable bonds is 3. The summed E-state index contributed by atoms with van der Waals surface area (Å²) >= 11 is 0. The maximum absolute atomic E-state index is 11.0. The topological polar surface area (TPSA) is 75.0 Å². The van der Waals surface area contributed by atoms with Gasteiger partial charge < -0.3 is 9.72 Å². The molecule has 0 aliphatic rings. The van der Waals surface area contributed by atoms with Gasteiger partial charge >= 0.3 is 5.69 Å². The molecular weight excluding hydrogens is 160 g/mol. The summed E-state index contributed by atoms with van der Waals surface area (Å²) in [6, 6.07) is 0. The molecule has 1 heterocycles. The van der Waals surface area contributed by atoms with E-state index in [2.05, 4.69) is 9.97 Å². The molecule has 0 atom stereocenters. The molecule has 66 valence electrons. The van der Waals surface area contributed by atoms with Crippen molar-refractivity contribution in [2.45, 2.75) is 13.5 Å². The molecule has 0 fully saturated rings. The summed E-state index contributed by atoms with van der Waals surface area (Å²) in [6.07, 6.45) is 1.36. The van der Waals surface area contributed by atoms with Crippen molar-refractivity contribution in [3.05, 3.63) is 32.6 Å². The molecule has 2 N–H and O–H groups in total. The third-order valence-electron chi connectivity index (χ3n) is 1.36. The van der Waals surface area contributed by atoms with E-state index in [-0.39, 0.29) is 6.61 Å². The van der Waals surface area contributed by atoms with E-state index in [1.807, 2.05) is 6.92 Å². The summed E-state index contributed by atoms with van der Waals surface area (Å²) in [7, 11) is 0. The number of hydrogen-bond donors (Lipinski definition) is 2. The molecule has 1 aromatic rings. The van der Waals surface area contributed by atoms with Gasteiger partial charge in [0.15, 0.2) is 0 Å². The lowest BCUT2D eigenvalue weighted by atomic mass is 10.4. The van der Waals surface area contributed by atoms with Gasteiger partial charge in [0.1, 0.15) is 0 Å². The number of hydrogen-bond acceptors (Lipinski definition) is 3. The van der Waals surface area contributed by atoms with Crippen LogP contribution in [-0.4, -0.2) is 16.6 Å². The predicted molar refractivity (Wildman–Crippen MR) is 43.0 cm³/mol. The minimum absolute atomic E-state index is 0.225. The predicted octanol–water partition coefficient (Wildman–Crippen LogP) is -0.400. The molecule has 0 aliphatic heterocycles. The van der Waals surface area contributed by atoms with E-state index >= 15 is 0 Å². The minimum atomic E-state index is -0.500. The summed E-state index contributed by atoms with van der Waals surface area (Å²) in [4.78, 5) is 26.0. The molecular formula is C7H10N2O3. The van der Waals surface area contributed by atoms with Crippen molar-refractivity contribution in [3.63, 3.8) is 0 Å². The quantitative estimate of drug-likeness (QED) is 0.648. The van der Waals surface area contributed by atoms with E-state index in [0.717, 1.165) is 0 Å². The van der Waals surface area contributed by atoms with Crippen LogP contribution in [0.5, 0.6) is 0 Å². The van der Waals surface area contributed by atoms with Gasteiger partial charge in [0.2, 0.25) is 0 Å². The Morgan fingerprint density at radius 2 is 2.25 bits per heavy atom. The van der Waals surface area contributed by atoms with Gasteiger partial charge in [-0.2, -0.15) is 0 Å². The molecule has 0 bridgehead atoms. The minimum Gasteiger partial charge on any atom is -0.377 e. The fraction of sp³-hybridized carbons (Fsp3) is 0.429. The van der Waals surface area contributed by atoms with Gasteiger partial charge in [0.05, 0.1) is 12.2 Å². The summed E-state index contributed by atoms with van der Waals surface area (Å²) in [5.41, 5.74) is -0.469. The van der Waals surface area contributed by atoms with Crippen LogP contribution < -0.4 is 11.2 Å². The molecule has 0 unspecified atom stereocenters. The van der Waals surface area contributed by atoms with Gasteiger partial charge in [-0.15, -0.1) is 0 Å². The lowest BCUT2D eigenvalue weighted by Crippen LogP contribution is -2.24. The zero-order valence-corrected chi connectivity index (χ0v) is 6.72. The van der Waals surface area contributed by atoms with Gasteiger partial charge in [-0.05, 0) is 6.92 Å². The number of ether oxygens (including phenoxy) is 1. The maximum atomic E-state index is 11.0. The lowest BCUT2D eigenvalue weighted by molar-refractivity contribution is 0.133. The normalized spacial score (nSPS) is 10.1. The zero-order valence-electron chi connectivity index (χ0n) is 6.72. The monoisotopic (exact) mass is 170 g/mol. The SMILES string of the molecule is CCOCc1c[nH]c(=O)[nH]c1=O. The number of nitrogens with one attached hydrogen (secondary N) is 2. The Bertz CT molecular complexity index is 352. The molecule has 0 saturated heterocycles. The Kier molecular flexibility index (Phi) is 2.82. The molecule has 0 aromatic carbocycles. The third-order valence-corrected chi connectivity index (χ3v) is 1.36. The van der Waals surface area contributed by atoms with Crippen molar-refractivity contribution in [1.29, 1.82) is 0 Å². The molecule has 1 aromatic heterocycles. The van der Waals surface area contributed by atoms with Gasteiger partial charge in [-0.1, -0.05) is 0 Å². The van der Waals surface area contributed by atoms with E-state index < -0.39 is 11.2 Å². The van der Waals surface area contributed by atoms with E-state index in [4.69, 9.17) is 4.74 Å². The molecule has 0 amide bonds. The average molecular weight is 170 g/mol. The van der Waals surface area contributed by atoms with Crippen molar-refractivity contribution in [3.8, 4) is 0 Å². The Balaban J connectivity index is 2.87. The fourth-order valence-electron chi connectivity index (χ4n) is 0.757. The summed E-state index contributed by atoms with van der Waals surface area (Å²) in [6.45, 7) is 2.60. The second kappa shape index (κ2) is 3.87. The third kappa shape index (κ3) is 2.06. The largest absolute Gasteiger partial charge is 0.377 e. The Morgan fingerprint density at radius 3 is 2.83 bits per heavy atom. The van der Waals surface area contributed by atoms with Crippen LogP contribution >= 0.6 is 0 Å². The van der Waals surface area contributed by atoms with Gasteiger partial charge in [0, 0.05) is 12.8 Å². The van der Waals surface area contributed by atoms with E-state index in [9.17, 15) is 9.59 Å². The standard InChI is InChI=1S/C7H10N2O3/c1-2-12-4-5-3-8-7(11)9-6(5)10/h3H,2,4H2,1H3,(H2,8,9,10,11). The summed E-state index contributed by atoms with van der Waals surface area (Å²) in [5.74, 6) is 0. The highest BCUT2D eigenvalue weighted by Gasteiger charge is 1.98. The van der Waals surface area contributed by atoms with Gasteiger partial charge in [0.25, 0.3) is 5.56 Å². The fourth-order valence-corrected chi connectivity index (χ4v) is 0.757. The van der Waals surface area contributed by atoms with Crippen LogP contribution in [0, 0.1) is 0 Å². The lowest BCUT2D eigenvalue weighted by Gasteiger charge is -1.97. The first kappa shape index (κ1) is 8.73. The van der Waals surface area contributed by atoms with Gasteiger partial charge in [-0.3, -0.25) is 9.78 Å². The van der Waals surface area contributed by atoms with Crippen molar-refractivity contribution < 1.29 is 4.74 Å². The smallest absolute Gasteiger partial charge is 0.325 e. The highest BCUT2D eigenvalue weighted by molar-refractivity contribution is 5.00. The van der Waals surface area contributed by atoms with Crippen molar-refractivity contribution >= 4 is 0 Å². The van der Waals surface area contributed by atoms with E-state index in [1.54, 1.807) is 0 Å². The number of H-pyrrole nitrogens is 2. The Morgan fingerprint density at radius 1 is 1.50 bits per heavy atom. The maximum Gasteiger partial charge on any atom is 0.325 e. The number of aromatic amines is 2. The first-order valence-electron chi connectivity index (χ1n) is 3.62. The van der Waals surface area contributed by atoms with Crippen LogP contribution in [0.1, 0.15) is 12.5 Å². The molecule has 5 nitrogen and oxygen atoms in total. The highest BCUT2D eigenvalue weighted by Crippen LogP contribution is 1.87. The van der Waals surface area contributed by atoms with Crippen molar-refractivity contribution in [2.24, 2.45) is 0 Å². The highest BCUT2D eigenvalue weighted by atomic mass is 16.5. The molecule has 0 saturated carbocycles. The molecule has 12 heavy (non-hydrogen) atoms. The second-order valence-corrected chi connectivity index (χ2v) is 2.23. The average Bonchev–Trinajstić information content (AvgIpc) is 2.03. The van der Waals surface area contributed by atoms with Crippen LogP contribution in [0.3, 0.4) is 0 Å². The van der Waals surface area contributed by atoms with E-state index in [0.29, 0.717) is 12.2 Å². The second-order valence-electron chi connectivity index (χ2n) is 2.23. The molecule has 5 heteroatoms. The number of aromatic nitrogens is 2. The first-order valence-corrected chi connectivity index (χ1v) is 3.62. The first-order chi connectivity index (χ1) is 5.74. The van der Waals surface area contributed by atoms with Crippen LogP contribution in [0.15, 0.2) is 15.8 Å². The Labute approximate surface area is 68.4 Å². The van der Waals surface area contributed by atoms with Gasteiger partial charge in [-0.25, -0.2) is 4.79 Å².